The second-order valence-electron chi connectivity index (χ2n) is 4.29. The van der Waals surface area contributed by atoms with E-state index in [0.717, 1.165) is 11.1 Å². The number of carbonyl (C=O) groups excluding carboxylic acids is 2. The van der Waals surface area contributed by atoms with Crippen LogP contribution in [0.2, 0.25) is 0 Å². The van der Waals surface area contributed by atoms with E-state index in [9.17, 15) is 9.59 Å². The summed E-state index contributed by atoms with van der Waals surface area (Å²) in [4.78, 5) is 28.2. The van der Waals surface area contributed by atoms with Gasteiger partial charge < -0.3 is 4.40 Å². The number of hydrogen-bond acceptors (Lipinski definition) is 4. The number of rotatable bonds is 3. The largest absolute Gasteiger partial charge is 0.313 e. The number of hydrogen-bond donors (Lipinski definition) is 1. The minimum Gasteiger partial charge on any atom is -0.313 e. The fraction of sp³-hybridized carbons (Fsp3) is 0.0714. The van der Waals surface area contributed by atoms with Gasteiger partial charge in [0.25, 0.3) is 11.7 Å². The third-order valence-corrected chi connectivity index (χ3v) is 3.63. The van der Waals surface area contributed by atoms with Gasteiger partial charge in [0.05, 0.1) is 0 Å². The molecule has 100 valence electrons. The quantitative estimate of drug-likeness (QED) is 0.594. The van der Waals surface area contributed by atoms with E-state index < -0.39 is 11.7 Å². The molecule has 0 aliphatic carbocycles. The van der Waals surface area contributed by atoms with Crippen LogP contribution in [0.1, 0.15) is 16.1 Å². The molecule has 20 heavy (non-hydrogen) atoms. The van der Waals surface area contributed by atoms with E-state index in [-0.39, 0.29) is 0 Å². The van der Waals surface area contributed by atoms with E-state index in [1.165, 1.54) is 11.3 Å². The number of amides is 1. The van der Waals surface area contributed by atoms with Gasteiger partial charge in [-0.2, -0.15) is 0 Å². The van der Waals surface area contributed by atoms with Crippen molar-refractivity contribution in [2.75, 3.05) is 5.32 Å². The van der Waals surface area contributed by atoms with Crippen molar-refractivity contribution in [3.63, 3.8) is 0 Å². The summed E-state index contributed by atoms with van der Waals surface area (Å²) >= 11 is 1.27. The summed E-state index contributed by atoms with van der Waals surface area (Å²) in [6.07, 6.45) is 3.34. The number of aryl methyl sites for hydroxylation is 1. The Morgan fingerprint density at radius 3 is 2.95 bits per heavy atom. The van der Waals surface area contributed by atoms with Crippen molar-refractivity contribution < 1.29 is 9.59 Å². The maximum absolute atomic E-state index is 12.3. The number of nitrogens with one attached hydrogen (secondary N) is 1. The number of carbonyl (C=O) groups is 2. The van der Waals surface area contributed by atoms with Gasteiger partial charge in [-0.3, -0.25) is 14.9 Å². The number of pyridine rings is 1. The zero-order valence-corrected chi connectivity index (χ0v) is 11.5. The number of fused-ring (bicyclic) bond motifs is 1. The highest BCUT2D eigenvalue weighted by Gasteiger charge is 2.22. The summed E-state index contributed by atoms with van der Waals surface area (Å²) < 4.78 is 1.72. The summed E-state index contributed by atoms with van der Waals surface area (Å²) in [5, 5.41) is 4.66. The topological polar surface area (TPSA) is 63.5 Å². The Balaban J connectivity index is 1.96. The molecule has 0 saturated heterocycles. The fourth-order valence-corrected chi connectivity index (χ4v) is 2.62. The molecule has 0 saturated carbocycles. The summed E-state index contributed by atoms with van der Waals surface area (Å²) in [5.74, 6) is -1.24. The van der Waals surface area contributed by atoms with Gasteiger partial charge in [-0.1, -0.05) is 6.07 Å². The zero-order valence-electron chi connectivity index (χ0n) is 10.7. The predicted octanol–water partition coefficient (Wildman–Crippen LogP) is 2.53. The smallest absolute Gasteiger partial charge is 0.300 e. The Bertz CT molecular complexity index is 790. The van der Waals surface area contributed by atoms with Crippen molar-refractivity contribution in [1.29, 1.82) is 0 Å². The highest BCUT2D eigenvalue weighted by molar-refractivity contribution is 7.13. The summed E-state index contributed by atoms with van der Waals surface area (Å²) in [6.45, 7) is 1.82. The summed E-state index contributed by atoms with van der Waals surface area (Å²) in [6, 6.07) is 7.48. The van der Waals surface area contributed by atoms with Crippen LogP contribution in [-0.2, 0) is 4.79 Å². The Hall–Kier alpha value is -2.47. The maximum Gasteiger partial charge on any atom is 0.300 e. The molecule has 0 bridgehead atoms. The highest BCUT2D eigenvalue weighted by Crippen LogP contribution is 2.17. The predicted molar refractivity (Wildman–Crippen MR) is 77.2 cm³/mol. The van der Waals surface area contributed by atoms with Crippen LogP contribution in [0, 0.1) is 6.92 Å². The molecule has 0 radical (unpaired) electrons. The van der Waals surface area contributed by atoms with Crippen molar-refractivity contribution in [2.45, 2.75) is 6.92 Å². The molecule has 3 rings (SSSR count). The number of aromatic nitrogens is 2. The van der Waals surface area contributed by atoms with E-state index in [4.69, 9.17) is 0 Å². The van der Waals surface area contributed by atoms with Crippen LogP contribution >= 0.6 is 11.3 Å². The Morgan fingerprint density at radius 2 is 2.20 bits per heavy atom. The minimum absolute atomic E-state index is 0.384. The van der Waals surface area contributed by atoms with Gasteiger partial charge in [-0.05, 0) is 30.7 Å². The lowest BCUT2D eigenvalue weighted by Crippen LogP contribution is -2.24. The molecule has 0 unspecified atom stereocenters. The molecule has 1 amide bonds. The second kappa shape index (κ2) is 4.90. The number of thiazole rings is 1. The number of Topliss-reactive ketones (excluding diaryl/α,β-unsaturated/α-hetero) is 1. The van der Waals surface area contributed by atoms with Crippen molar-refractivity contribution in [2.24, 2.45) is 0 Å². The molecule has 0 spiro atoms. The first-order chi connectivity index (χ1) is 9.66. The van der Waals surface area contributed by atoms with Crippen LogP contribution in [0.3, 0.4) is 0 Å². The molecular formula is C14H11N3O2S. The summed E-state index contributed by atoms with van der Waals surface area (Å²) in [5.41, 5.74) is 2.04. The first kappa shape index (κ1) is 12.6. The van der Waals surface area contributed by atoms with E-state index >= 15 is 0 Å². The lowest BCUT2D eigenvalue weighted by atomic mass is 10.2. The Kier molecular flexibility index (Phi) is 3.08. The van der Waals surface area contributed by atoms with Gasteiger partial charge in [0.15, 0.2) is 5.13 Å². The molecule has 0 atom stereocenters. The maximum atomic E-state index is 12.3. The van der Waals surface area contributed by atoms with Gasteiger partial charge in [0.1, 0.15) is 5.69 Å². The van der Waals surface area contributed by atoms with Crippen molar-refractivity contribution in [3.05, 3.63) is 53.3 Å². The van der Waals surface area contributed by atoms with Crippen molar-refractivity contribution in [3.8, 4) is 0 Å². The number of ketones is 1. The van der Waals surface area contributed by atoms with Crippen molar-refractivity contribution in [1.82, 2.24) is 9.38 Å². The van der Waals surface area contributed by atoms with Gasteiger partial charge in [0, 0.05) is 23.3 Å². The van der Waals surface area contributed by atoms with Crippen LogP contribution in [0.5, 0.6) is 0 Å². The molecule has 0 fully saturated rings. The molecule has 3 heterocycles. The highest BCUT2D eigenvalue weighted by atomic mass is 32.1. The molecule has 3 aromatic rings. The molecule has 3 aromatic heterocycles. The van der Waals surface area contributed by atoms with E-state index in [2.05, 4.69) is 10.3 Å². The van der Waals surface area contributed by atoms with E-state index in [1.807, 2.05) is 31.2 Å². The SMILES string of the molecule is Cc1cc2ccccn2c1C(=O)C(=O)Nc1nccs1. The van der Waals surface area contributed by atoms with Crippen LogP contribution in [0.4, 0.5) is 5.13 Å². The summed E-state index contributed by atoms with van der Waals surface area (Å²) in [7, 11) is 0. The average molecular weight is 285 g/mol. The lowest BCUT2D eigenvalue weighted by molar-refractivity contribution is -0.112. The van der Waals surface area contributed by atoms with Crippen LogP contribution < -0.4 is 5.32 Å². The van der Waals surface area contributed by atoms with Gasteiger partial charge in [0.2, 0.25) is 0 Å². The van der Waals surface area contributed by atoms with Gasteiger partial charge in [-0.25, -0.2) is 4.98 Å². The molecular weight excluding hydrogens is 274 g/mol. The zero-order chi connectivity index (χ0) is 14.1. The molecule has 5 nitrogen and oxygen atoms in total. The Labute approximate surface area is 118 Å². The third kappa shape index (κ3) is 2.10. The Morgan fingerprint density at radius 1 is 1.35 bits per heavy atom. The molecule has 0 aromatic carbocycles. The second-order valence-corrected chi connectivity index (χ2v) is 5.19. The number of anilines is 1. The average Bonchev–Trinajstić information content (AvgIpc) is 3.04. The lowest BCUT2D eigenvalue weighted by Gasteiger charge is -2.03. The van der Waals surface area contributed by atoms with Crippen molar-refractivity contribution >= 4 is 33.7 Å². The molecule has 1 N–H and O–H groups in total. The minimum atomic E-state index is -0.674. The van der Waals surface area contributed by atoms with Gasteiger partial charge >= 0.3 is 0 Å². The van der Waals surface area contributed by atoms with E-state index in [1.54, 1.807) is 22.2 Å². The normalized spacial score (nSPS) is 10.7. The van der Waals surface area contributed by atoms with E-state index in [0.29, 0.717) is 10.8 Å². The van der Waals surface area contributed by atoms with Gasteiger partial charge in [-0.15, -0.1) is 11.3 Å². The fourth-order valence-electron chi connectivity index (χ4n) is 2.09. The molecule has 0 aliphatic heterocycles. The van der Waals surface area contributed by atoms with Crippen LogP contribution in [0.15, 0.2) is 42.0 Å². The monoisotopic (exact) mass is 285 g/mol. The van der Waals surface area contributed by atoms with Crippen LogP contribution in [0.25, 0.3) is 5.52 Å². The first-order valence-corrected chi connectivity index (χ1v) is 6.86. The van der Waals surface area contributed by atoms with Crippen LogP contribution in [-0.4, -0.2) is 21.1 Å². The number of nitrogens with zero attached hydrogens (tertiary/aromatic N) is 2. The molecule has 0 aliphatic rings. The first-order valence-electron chi connectivity index (χ1n) is 5.98. The third-order valence-electron chi connectivity index (χ3n) is 2.94. The standard InChI is InChI=1S/C14H11N3O2S/c1-9-8-10-4-2-3-6-17(10)11(9)12(18)13(19)16-14-15-5-7-20-14/h2-8H,1H3,(H,15,16,19). The molecule has 6 heteroatoms.